The third-order valence-corrected chi connectivity index (χ3v) is 3.10. The highest BCUT2D eigenvalue weighted by atomic mass is 14.5. The minimum Gasteiger partial charge on any atom is -0.0622 e. The van der Waals surface area contributed by atoms with Gasteiger partial charge in [0.25, 0.3) is 0 Å². The minimum atomic E-state index is 1.06. The van der Waals surface area contributed by atoms with Gasteiger partial charge >= 0.3 is 0 Å². The number of fused-ring (bicyclic) bond motifs is 1. The molecule has 0 nitrogen and oxygen atoms in total. The summed E-state index contributed by atoms with van der Waals surface area (Å²) in [4.78, 5) is 0. The van der Waals surface area contributed by atoms with E-state index in [9.17, 15) is 0 Å². The Bertz CT molecular complexity index is 90.6. The van der Waals surface area contributed by atoms with Gasteiger partial charge in [-0.25, -0.2) is 0 Å². The van der Waals surface area contributed by atoms with Gasteiger partial charge in [0.15, 0.2) is 0 Å². The van der Waals surface area contributed by atoms with Crippen molar-refractivity contribution in [2.24, 2.45) is 23.7 Å². The van der Waals surface area contributed by atoms with Crippen molar-refractivity contribution in [3.63, 3.8) is 0 Å². The van der Waals surface area contributed by atoms with Crippen molar-refractivity contribution >= 4 is 0 Å². The Morgan fingerprint density at radius 1 is 0.875 bits per heavy atom. The predicted octanol–water partition coefficient (Wildman–Crippen LogP) is 2.30. The van der Waals surface area contributed by atoms with Crippen molar-refractivity contribution in [3.05, 3.63) is 0 Å². The van der Waals surface area contributed by atoms with Crippen LogP contribution < -0.4 is 0 Å². The zero-order valence-electron chi connectivity index (χ0n) is 5.72. The van der Waals surface area contributed by atoms with E-state index in [4.69, 9.17) is 0 Å². The molecule has 0 radical (unpaired) electrons. The Labute approximate surface area is 51.3 Å². The molecular formula is C8H14. The number of hydrogen-bond donors (Lipinski definition) is 0. The van der Waals surface area contributed by atoms with Crippen molar-refractivity contribution in [2.75, 3.05) is 0 Å². The first kappa shape index (κ1) is 4.84. The lowest BCUT2D eigenvalue weighted by molar-refractivity contribution is 0.463. The Balaban J connectivity index is 2.09. The average Bonchev–Trinajstić information content (AvgIpc) is 2.35. The molecule has 46 valence electrons. The highest BCUT2D eigenvalue weighted by Gasteiger charge is 2.50. The summed E-state index contributed by atoms with van der Waals surface area (Å²) in [7, 11) is 0. The molecule has 0 aromatic rings. The molecule has 2 saturated carbocycles. The van der Waals surface area contributed by atoms with Crippen LogP contribution in [-0.2, 0) is 0 Å². The molecule has 0 spiro atoms. The first-order valence-electron chi connectivity index (χ1n) is 3.79. The van der Waals surface area contributed by atoms with Crippen LogP contribution in [0.1, 0.15) is 26.7 Å². The van der Waals surface area contributed by atoms with Crippen LogP contribution >= 0.6 is 0 Å². The van der Waals surface area contributed by atoms with Crippen molar-refractivity contribution in [1.82, 2.24) is 0 Å². The Hall–Kier alpha value is 0. The quantitative estimate of drug-likeness (QED) is 0.449. The van der Waals surface area contributed by atoms with E-state index in [1.807, 2.05) is 0 Å². The molecule has 0 aliphatic heterocycles. The van der Waals surface area contributed by atoms with E-state index in [-0.39, 0.29) is 0 Å². The first-order chi connectivity index (χ1) is 3.79. The van der Waals surface area contributed by atoms with E-state index in [0.717, 1.165) is 23.7 Å². The molecule has 0 aromatic heterocycles. The van der Waals surface area contributed by atoms with E-state index in [0.29, 0.717) is 0 Å². The maximum atomic E-state index is 2.41. The topological polar surface area (TPSA) is 0 Å². The van der Waals surface area contributed by atoms with Crippen molar-refractivity contribution in [3.8, 4) is 0 Å². The fraction of sp³-hybridized carbons (Fsp3) is 1.00. The Morgan fingerprint density at radius 3 is 1.50 bits per heavy atom. The van der Waals surface area contributed by atoms with Gasteiger partial charge in [-0.05, 0) is 36.5 Å². The summed E-state index contributed by atoms with van der Waals surface area (Å²) >= 11 is 0. The SMILES string of the molecule is CC1C[C@H](C)C2CC12. The molecule has 2 aliphatic carbocycles. The van der Waals surface area contributed by atoms with Crippen molar-refractivity contribution in [2.45, 2.75) is 26.7 Å². The van der Waals surface area contributed by atoms with Gasteiger partial charge in [-0.15, -0.1) is 0 Å². The van der Waals surface area contributed by atoms with Crippen LogP contribution in [0.25, 0.3) is 0 Å². The highest BCUT2D eigenvalue weighted by Crippen LogP contribution is 2.58. The van der Waals surface area contributed by atoms with E-state index < -0.39 is 0 Å². The molecule has 0 amide bonds. The van der Waals surface area contributed by atoms with Gasteiger partial charge in [0.1, 0.15) is 0 Å². The third kappa shape index (κ3) is 0.463. The van der Waals surface area contributed by atoms with Crippen LogP contribution in [0.5, 0.6) is 0 Å². The monoisotopic (exact) mass is 110 g/mol. The highest BCUT2D eigenvalue weighted by molar-refractivity contribution is 4.99. The summed E-state index contributed by atoms with van der Waals surface area (Å²) in [5.41, 5.74) is 0. The molecule has 0 heteroatoms. The van der Waals surface area contributed by atoms with Gasteiger partial charge in [-0.1, -0.05) is 13.8 Å². The summed E-state index contributed by atoms with van der Waals surface area (Å²) in [6.07, 6.45) is 3.07. The normalized spacial score (nSPS) is 60.8. The second kappa shape index (κ2) is 1.29. The lowest BCUT2D eigenvalue weighted by atomic mass is 10.0. The zero-order chi connectivity index (χ0) is 5.72. The maximum absolute atomic E-state index is 2.41. The van der Waals surface area contributed by atoms with Crippen LogP contribution in [0.4, 0.5) is 0 Å². The summed E-state index contributed by atoms with van der Waals surface area (Å²) in [5.74, 6) is 4.44. The van der Waals surface area contributed by atoms with Crippen LogP contribution in [-0.4, -0.2) is 0 Å². The molecule has 0 heterocycles. The second-order valence-corrected chi connectivity index (χ2v) is 3.75. The Kier molecular flexibility index (Phi) is 0.778. The third-order valence-electron chi connectivity index (χ3n) is 3.10. The molecule has 3 unspecified atom stereocenters. The standard InChI is InChI=1S/C8H14/c1-5-3-6(2)8-4-7(5)8/h5-8H,3-4H2,1-2H3/t5-,6?,7?,8?/m0/s1. The second-order valence-electron chi connectivity index (χ2n) is 3.75. The largest absolute Gasteiger partial charge is 0.0622 e. The smallest absolute Gasteiger partial charge is 0.0354 e. The summed E-state index contributed by atoms with van der Waals surface area (Å²) < 4.78 is 0. The summed E-state index contributed by atoms with van der Waals surface area (Å²) in [6, 6.07) is 0. The van der Waals surface area contributed by atoms with E-state index in [1.54, 1.807) is 6.42 Å². The molecule has 4 atom stereocenters. The molecule has 0 bridgehead atoms. The maximum Gasteiger partial charge on any atom is -0.0354 e. The lowest BCUT2D eigenvalue weighted by Gasteiger charge is -2.04. The van der Waals surface area contributed by atoms with E-state index in [1.165, 1.54) is 6.42 Å². The fourth-order valence-electron chi connectivity index (χ4n) is 2.48. The van der Waals surface area contributed by atoms with Crippen LogP contribution in [0.15, 0.2) is 0 Å². The molecule has 2 aliphatic rings. The number of hydrogen-bond acceptors (Lipinski definition) is 0. The van der Waals surface area contributed by atoms with Crippen LogP contribution in [0.2, 0.25) is 0 Å². The van der Waals surface area contributed by atoms with Gasteiger partial charge < -0.3 is 0 Å². The zero-order valence-corrected chi connectivity index (χ0v) is 5.72. The molecule has 0 N–H and O–H groups in total. The molecular weight excluding hydrogens is 96.1 g/mol. The molecule has 0 aromatic carbocycles. The minimum absolute atomic E-state index is 1.06. The number of rotatable bonds is 0. The van der Waals surface area contributed by atoms with Crippen LogP contribution in [0, 0.1) is 23.7 Å². The van der Waals surface area contributed by atoms with Gasteiger partial charge in [-0.3, -0.25) is 0 Å². The molecule has 0 saturated heterocycles. The molecule has 2 rings (SSSR count). The Morgan fingerprint density at radius 2 is 1.38 bits per heavy atom. The van der Waals surface area contributed by atoms with E-state index in [2.05, 4.69) is 13.8 Å². The molecule has 2 fully saturated rings. The summed E-state index contributed by atoms with van der Waals surface area (Å²) in [6.45, 7) is 4.82. The first-order valence-corrected chi connectivity index (χ1v) is 3.79. The fourth-order valence-corrected chi connectivity index (χ4v) is 2.48. The molecule has 8 heavy (non-hydrogen) atoms. The predicted molar refractivity (Wildman–Crippen MR) is 34.5 cm³/mol. The van der Waals surface area contributed by atoms with E-state index >= 15 is 0 Å². The van der Waals surface area contributed by atoms with Gasteiger partial charge in [0.2, 0.25) is 0 Å². The lowest BCUT2D eigenvalue weighted by Crippen LogP contribution is -1.94. The van der Waals surface area contributed by atoms with Crippen LogP contribution in [0.3, 0.4) is 0 Å². The van der Waals surface area contributed by atoms with Crippen molar-refractivity contribution in [1.29, 1.82) is 0 Å². The van der Waals surface area contributed by atoms with Gasteiger partial charge in [-0.2, -0.15) is 0 Å². The average molecular weight is 110 g/mol. The summed E-state index contributed by atoms with van der Waals surface area (Å²) in [5, 5.41) is 0. The van der Waals surface area contributed by atoms with Gasteiger partial charge in [0.05, 0.1) is 0 Å². The van der Waals surface area contributed by atoms with Crippen molar-refractivity contribution < 1.29 is 0 Å². The van der Waals surface area contributed by atoms with Gasteiger partial charge in [0, 0.05) is 0 Å².